The van der Waals surface area contributed by atoms with Crippen molar-refractivity contribution in [3.63, 3.8) is 0 Å². The molecule has 0 aromatic heterocycles. The maximum atomic E-state index is 5.66. The molecule has 1 nitrogen and oxygen atoms in total. The molecule has 0 heterocycles. The Balaban J connectivity index is 2.88. The Kier molecular flexibility index (Phi) is 4.19. The van der Waals surface area contributed by atoms with Gasteiger partial charge in [0.1, 0.15) is 5.75 Å². The molecule has 1 aromatic rings. The van der Waals surface area contributed by atoms with Gasteiger partial charge in [0, 0.05) is 0 Å². The Morgan fingerprint density at radius 2 is 1.87 bits per heavy atom. The first-order valence-electron chi connectivity index (χ1n) is 5.81. The van der Waals surface area contributed by atoms with Crippen LogP contribution in [0.1, 0.15) is 51.2 Å². The number of hydrogen-bond acceptors (Lipinski definition) is 1. The van der Waals surface area contributed by atoms with Crippen molar-refractivity contribution in [3.05, 3.63) is 29.3 Å². The van der Waals surface area contributed by atoms with E-state index < -0.39 is 0 Å². The lowest BCUT2D eigenvalue weighted by molar-refractivity contribution is 0.242. The molecule has 0 radical (unpaired) electrons. The highest BCUT2D eigenvalue weighted by Crippen LogP contribution is 2.26. The second-order valence-electron chi connectivity index (χ2n) is 4.49. The Labute approximate surface area is 93.5 Å². The Bertz CT molecular complexity index is 315. The average Bonchev–Trinajstić information content (AvgIpc) is 2.16. The molecule has 0 saturated carbocycles. The Morgan fingerprint density at radius 3 is 2.33 bits per heavy atom. The van der Waals surface area contributed by atoms with Crippen molar-refractivity contribution in [3.8, 4) is 5.75 Å². The van der Waals surface area contributed by atoms with Crippen molar-refractivity contribution in [1.82, 2.24) is 0 Å². The predicted octanol–water partition coefficient (Wildman–Crippen LogP) is 4.30. The lowest BCUT2D eigenvalue weighted by Gasteiger charge is -2.15. The minimum Gasteiger partial charge on any atom is -0.491 e. The van der Waals surface area contributed by atoms with Crippen LogP contribution in [0.15, 0.2) is 18.2 Å². The molecule has 1 aromatic carbocycles. The van der Waals surface area contributed by atoms with Crippen LogP contribution in [0.5, 0.6) is 5.75 Å². The van der Waals surface area contributed by atoms with E-state index in [1.807, 2.05) is 0 Å². The van der Waals surface area contributed by atoms with Gasteiger partial charge < -0.3 is 4.74 Å². The van der Waals surface area contributed by atoms with E-state index in [2.05, 4.69) is 52.8 Å². The summed E-state index contributed by atoms with van der Waals surface area (Å²) in [5, 5.41) is 0. The van der Waals surface area contributed by atoms with Crippen LogP contribution in [-0.2, 0) is 0 Å². The van der Waals surface area contributed by atoms with Crippen LogP contribution in [-0.4, -0.2) is 6.10 Å². The van der Waals surface area contributed by atoms with Gasteiger partial charge in [-0.15, -0.1) is 0 Å². The van der Waals surface area contributed by atoms with Crippen molar-refractivity contribution in [2.45, 2.75) is 53.1 Å². The summed E-state index contributed by atoms with van der Waals surface area (Å²) in [6, 6.07) is 6.41. The second kappa shape index (κ2) is 5.20. The smallest absolute Gasteiger partial charge is 0.119 e. The van der Waals surface area contributed by atoms with Gasteiger partial charge >= 0.3 is 0 Å². The van der Waals surface area contributed by atoms with Crippen LogP contribution < -0.4 is 4.74 Å². The first kappa shape index (κ1) is 12.1. The van der Waals surface area contributed by atoms with Gasteiger partial charge in [-0.1, -0.05) is 19.9 Å². The molecule has 1 unspecified atom stereocenters. The van der Waals surface area contributed by atoms with Crippen molar-refractivity contribution >= 4 is 0 Å². The quantitative estimate of drug-likeness (QED) is 0.714. The van der Waals surface area contributed by atoms with Crippen LogP contribution in [0.4, 0.5) is 0 Å². The number of rotatable bonds is 4. The summed E-state index contributed by atoms with van der Waals surface area (Å²) in [5.41, 5.74) is 2.77. The standard InChI is InChI=1S/C14H22O/c1-6-11(4)14-8-7-13(9-12(14)5)15-10(2)3/h7-11H,6H2,1-5H3. The summed E-state index contributed by atoms with van der Waals surface area (Å²) in [6.07, 6.45) is 1.43. The number of aryl methyl sites for hydroxylation is 1. The van der Waals surface area contributed by atoms with Gasteiger partial charge in [-0.05, 0) is 56.4 Å². The van der Waals surface area contributed by atoms with E-state index in [0.717, 1.165) is 5.75 Å². The average molecular weight is 206 g/mol. The molecule has 0 spiro atoms. The summed E-state index contributed by atoms with van der Waals surface area (Å²) in [7, 11) is 0. The van der Waals surface area contributed by atoms with E-state index >= 15 is 0 Å². The third kappa shape index (κ3) is 3.26. The van der Waals surface area contributed by atoms with Crippen molar-refractivity contribution in [2.24, 2.45) is 0 Å². The highest BCUT2D eigenvalue weighted by Gasteiger charge is 2.07. The van der Waals surface area contributed by atoms with Crippen LogP contribution >= 0.6 is 0 Å². The molecule has 0 aliphatic heterocycles. The van der Waals surface area contributed by atoms with Crippen LogP contribution in [0, 0.1) is 6.92 Å². The van der Waals surface area contributed by atoms with E-state index in [-0.39, 0.29) is 6.10 Å². The molecule has 1 rings (SSSR count). The molecular weight excluding hydrogens is 184 g/mol. The number of ether oxygens (including phenoxy) is 1. The molecule has 1 heteroatoms. The number of hydrogen-bond donors (Lipinski definition) is 0. The third-order valence-electron chi connectivity index (χ3n) is 2.76. The maximum Gasteiger partial charge on any atom is 0.119 e. The van der Waals surface area contributed by atoms with E-state index in [4.69, 9.17) is 4.74 Å². The summed E-state index contributed by atoms with van der Waals surface area (Å²) in [6.45, 7) is 10.8. The minimum absolute atomic E-state index is 0.249. The zero-order chi connectivity index (χ0) is 11.4. The fourth-order valence-electron chi connectivity index (χ4n) is 1.77. The van der Waals surface area contributed by atoms with Crippen molar-refractivity contribution in [2.75, 3.05) is 0 Å². The van der Waals surface area contributed by atoms with E-state index in [1.165, 1.54) is 17.5 Å². The van der Waals surface area contributed by atoms with E-state index in [9.17, 15) is 0 Å². The lowest BCUT2D eigenvalue weighted by atomic mass is 9.94. The third-order valence-corrected chi connectivity index (χ3v) is 2.76. The van der Waals surface area contributed by atoms with Crippen LogP contribution in [0.25, 0.3) is 0 Å². The summed E-state index contributed by atoms with van der Waals surface area (Å²) >= 11 is 0. The predicted molar refractivity (Wildman–Crippen MR) is 65.6 cm³/mol. The molecule has 0 saturated heterocycles. The molecule has 0 aliphatic rings. The van der Waals surface area contributed by atoms with Crippen molar-refractivity contribution < 1.29 is 4.74 Å². The first-order chi connectivity index (χ1) is 7.04. The lowest BCUT2D eigenvalue weighted by Crippen LogP contribution is -2.06. The fraction of sp³-hybridized carbons (Fsp3) is 0.571. The molecule has 0 aliphatic carbocycles. The summed E-state index contributed by atoms with van der Waals surface area (Å²) in [4.78, 5) is 0. The molecular formula is C14H22O. The first-order valence-corrected chi connectivity index (χ1v) is 5.81. The monoisotopic (exact) mass is 206 g/mol. The van der Waals surface area contributed by atoms with Crippen molar-refractivity contribution in [1.29, 1.82) is 0 Å². The van der Waals surface area contributed by atoms with Gasteiger partial charge in [-0.25, -0.2) is 0 Å². The number of benzene rings is 1. The van der Waals surface area contributed by atoms with E-state index in [1.54, 1.807) is 0 Å². The largest absolute Gasteiger partial charge is 0.491 e. The topological polar surface area (TPSA) is 9.23 Å². The van der Waals surface area contributed by atoms with Gasteiger partial charge in [0.2, 0.25) is 0 Å². The highest BCUT2D eigenvalue weighted by molar-refractivity contribution is 5.36. The van der Waals surface area contributed by atoms with Gasteiger partial charge in [-0.2, -0.15) is 0 Å². The molecule has 0 amide bonds. The second-order valence-corrected chi connectivity index (χ2v) is 4.49. The molecule has 84 valence electrons. The Morgan fingerprint density at radius 1 is 1.20 bits per heavy atom. The molecule has 1 atom stereocenters. The van der Waals surface area contributed by atoms with Gasteiger partial charge in [0.15, 0.2) is 0 Å². The van der Waals surface area contributed by atoms with Crippen LogP contribution in [0.3, 0.4) is 0 Å². The highest BCUT2D eigenvalue weighted by atomic mass is 16.5. The molecule has 0 N–H and O–H groups in total. The van der Waals surface area contributed by atoms with Crippen LogP contribution in [0.2, 0.25) is 0 Å². The minimum atomic E-state index is 0.249. The summed E-state index contributed by atoms with van der Waals surface area (Å²) in [5.74, 6) is 1.62. The normalized spacial score (nSPS) is 12.9. The van der Waals surface area contributed by atoms with E-state index in [0.29, 0.717) is 5.92 Å². The zero-order valence-corrected chi connectivity index (χ0v) is 10.5. The van der Waals surface area contributed by atoms with Gasteiger partial charge in [0.05, 0.1) is 6.10 Å². The molecule has 0 fully saturated rings. The fourth-order valence-corrected chi connectivity index (χ4v) is 1.77. The zero-order valence-electron chi connectivity index (χ0n) is 10.5. The molecule has 15 heavy (non-hydrogen) atoms. The SMILES string of the molecule is CCC(C)c1ccc(OC(C)C)cc1C. The van der Waals surface area contributed by atoms with Gasteiger partial charge in [-0.3, -0.25) is 0 Å². The van der Waals surface area contributed by atoms with Gasteiger partial charge in [0.25, 0.3) is 0 Å². The summed E-state index contributed by atoms with van der Waals surface area (Å²) < 4.78 is 5.66. The Hall–Kier alpha value is -0.980. The maximum absolute atomic E-state index is 5.66. The molecule has 0 bridgehead atoms.